The van der Waals surface area contributed by atoms with E-state index in [4.69, 9.17) is 16.3 Å². The van der Waals surface area contributed by atoms with Crippen LogP contribution in [0.5, 0.6) is 5.75 Å². The molecule has 0 fully saturated rings. The van der Waals surface area contributed by atoms with E-state index in [2.05, 4.69) is 10.6 Å². The van der Waals surface area contributed by atoms with Gasteiger partial charge in [-0.05, 0) is 35.9 Å². The van der Waals surface area contributed by atoms with Crippen LogP contribution in [-0.4, -0.2) is 18.9 Å². The van der Waals surface area contributed by atoms with Crippen molar-refractivity contribution in [3.8, 4) is 5.75 Å². The van der Waals surface area contributed by atoms with Gasteiger partial charge in [0.2, 0.25) is 5.91 Å². The van der Waals surface area contributed by atoms with Gasteiger partial charge in [0.15, 0.2) is 0 Å². The molecule has 0 unspecified atom stereocenters. The van der Waals surface area contributed by atoms with Crippen molar-refractivity contribution >= 4 is 29.1 Å². The molecule has 0 saturated heterocycles. The van der Waals surface area contributed by atoms with Crippen molar-refractivity contribution in [3.05, 3.63) is 58.6 Å². The van der Waals surface area contributed by atoms with Crippen molar-refractivity contribution in [2.24, 2.45) is 0 Å². The van der Waals surface area contributed by atoms with Crippen LogP contribution in [0, 0.1) is 0 Å². The highest BCUT2D eigenvalue weighted by atomic mass is 35.5. The predicted octanol–water partition coefficient (Wildman–Crippen LogP) is 3.24. The van der Waals surface area contributed by atoms with Crippen molar-refractivity contribution in [2.45, 2.75) is 13.5 Å². The van der Waals surface area contributed by atoms with E-state index in [0.717, 1.165) is 5.56 Å². The molecular formula is C17H17ClN2O3. The summed E-state index contributed by atoms with van der Waals surface area (Å²) in [5.74, 6) is 0.0716. The molecule has 0 radical (unpaired) electrons. The van der Waals surface area contributed by atoms with Crippen molar-refractivity contribution in [1.82, 2.24) is 5.32 Å². The molecule has 0 saturated carbocycles. The van der Waals surface area contributed by atoms with Gasteiger partial charge in [-0.1, -0.05) is 23.7 Å². The number of ether oxygens (including phenoxy) is 1. The molecule has 2 amide bonds. The number of nitrogens with one attached hydrogen (secondary N) is 2. The van der Waals surface area contributed by atoms with Gasteiger partial charge in [-0.2, -0.15) is 0 Å². The van der Waals surface area contributed by atoms with Crippen LogP contribution in [-0.2, 0) is 11.3 Å². The Labute approximate surface area is 139 Å². The van der Waals surface area contributed by atoms with Gasteiger partial charge in [-0.15, -0.1) is 0 Å². The standard InChI is InChI=1S/C17H17ClN2O3/c1-11(21)20-14-6-3-12(4-7-14)10-19-17(22)15-9-13(18)5-8-16(15)23-2/h3-9H,10H2,1-2H3,(H,19,22)(H,20,21). The molecule has 0 spiro atoms. The first-order valence-electron chi connectivity index (χ1n) is 6.98. The minimum Gasteiger partial charge on any atom is -0.496 e. The number of rotatable bonds is 5. The summed E-state index contributed by atoms with van der Waals surface area (Å²) in [6.45, 7) is 1.81. The Morgan fingerprint density at radius 3 is 2.43 bits per heavy atom. The summed E-state index contributed by atoms with van der Waals surface area (Å²) in [5, 5.41) is 5.97. The number of benzene rings is 2. The molecule has 5 nitrogen and oxygen atoms in total. The van der Waals surface area contributed by atoms with Gasteiger partial charge in [-0.3, -0.25) is 9.59 Å². The molecule has 0 aliphatic rings. The summed E-state index contributed by atoms with van der Waals surface area (Å²) in [4.78, 5) is 23.2. The smallest absolute Gasteiger partial charge is 0.255 e. The highest BCUT2D eigenvalue weighted by Crippen LogP contribution is 2.22. The molecule has 0 aliphatic carbocycles. The zero-order chi connectivity index (χ0) is 16.8. The molecule has 0 heterocycles. The topological polar surface area (TPSA) is 67.4 Å². The maximum atomic E-state index is 12.3. The lowest BCUT2D eigenvalue weighted by Crippen LogP contribution is -2.23. The average Bonchev–Trinajstić information content (AvgIpc) is 2.53. The summed E-state index contributed by atoms with van der Waals surface area (Å²) >= 11 is 5.92. The molecule has 0 aromatic heterocycles. The van der Waals surface area contributed by atoms with Crippen LogP contribution in [0.1, 0.15) is 22.8 Å². The van der Waals surface area contributed by atoms with Gasteiger partial charge in [-0.25, -0.2) is 0 Å². The first-order valence-corrected chi connectivity index (χ1v) is 7.35. The van der Waals surface area contributed by atoms with Gasteiger partial charge < -0.3 is 15.4 Å². The third kappa shape index (κ3) is 4.72. The van der Waals surface area contributed by atoms with E-state index in [-0.39, 0.29) is 11.8 Å². The number of carbonyl (C=O) groups excluding carboxylic acids is 2. The molecule has 120 valence electrons. The Balaban J connectivity index is 2.02. The molecule has 23 heavy (non-hydrogen) atoms. The highest BCUT2D eigenvalue weighted by molar-refractivity contribution is 6.31. The molecular weight excluding hydrogens is 316 g/mol. The van der Waals surface area contributed by atoms with Crippen LogP contribution in [0.2, 0.25) is 5.02 Å². The van der Waals surface area contributed by atoms with Gasteiger partial charge >= 0.3 is 0 Å². The predicted molar refractivity (Wildman–Crippen MR) is 89.9 cm³/mol. The van der Waals surface area contributed by atoms with Gasteiger partial charge in [0.1, 0.15) is 5.75 Å². The van der Waals surface area contributed by atoms with Gasteiger partial charge in [0.25, 0.3) is 5.91 Å². The largest absolute Gasteiger partial charge is 0.496 e. The number of carbonyl (C=O) groups is 2. The monoisotopic (exact) mass is 332 g/mol. The Morgan fingerprint density at radius 1 is 1.13 bits per heavy atom. The molecule has 0 bridgehead atoms. The molecule has 2 aromatic rings. The fraction of sp³-hybridized carbons (Fsp3) is 0.176. The first kappa shape index (κ1) is 16.8. The molecule has 0 aliphatic heterocycles. The van der Waals surface area contributed by atoms with Gasteiger partial charge in [0, 0.05) is 24.2 Å². The first-order chi connectivity index (χ1) is 11.0. The van der Waals surface area contributed by atoms with Crippen LogP contribution in [0.25, 0.3) is 0 Å². The van der Waals surface area contributed by atoms with Crippen molar-refractivity contribution in [2.75, 3.05) is 12.4 Å². The average molecular weight is 333 g/mol. The second-order valence-corrected chi connectivity index (χ2v) is 5.34. The third-order valence-electron chi connectivity index (χ3n) is 3.13. The number of hydrogen-bond acceptors (Lipinski definition) is 3. The minimum atomic E-state index is -0.268. The zero-order valence-corrected chi connectivity index (χ0v) is 13.6. The number of amides is 2. The summed E-state index contributed by atoms with van der Waals surface area (Å²) < 4.78 is 5.17. The highest BCUT2D eigenvalue weighted by Gasteiger charge is 2.12. The van der Waals surface area contributed by atoms with Crippen molar-refractivity contribution in [1.29, 1.82) is 0 Å². The Hall–Kier alpha value is -2.53. The summed E-state index contributed by atoms with van der Waals surface area (Å²) in [6.07, 6.45) is 0. The molecule has 2 rings (SSSR count). The number of halogens is 1. The maximum absolute atomic E-state index is 12.3. The normalized spacial score (nSPS) is 10.0. The molecule has 2 aromatic carbocycles. The minimum absolute atomic E-state index is 0.126. The molecule has 2 N–H and O–H groups in total. The second kappa shape index (κ2) is 7.65. The third-order valence-corrected chi connectivity index (χ3v) is 3.37. The lowest BCUT2D eigenvalue weighted by molar-refractivity contribution is -0.114. The number of methoxy groups -OCH3 is 1. The second-order valence-electron chi connectivity index (χ2n) is 4.91. The summed E-state index contributed by atoms with van der Waals surface area (Å²) in [7, 11) is 1.50. The van der Waals surface area contributed by atoms with Crippen LogP contribution in [0.15, 0.2) is 42.5 Å². The quantitative estimate of drug-likeness (QED) is 0.883. The van der Waals surface area contributed by atoms with E-state index in [9.17, 15) is 9.59 Å². The fourth-order valence-electron chi connectivity index (χ4n) is 2.04. The number of hydrogen-bond donors (Lipinski definition) is 2. The van der Waals surface area contributed by atoms with Gasteiger partial charge in [0.05, 0.1) is 12.7 Å². The van der Waals surface area contributed by atoms with Crippen LogP contribution < -0.4 is 15.4 Å². The zero-order valence-electron chi connectivity index (χ0n) is 12.9. The van der Waals surface area contributed by atoms with E-state index < -0.39 is 0 Å². The summed E-state index contributed by atoms with van der Waals surface area (Å²) in [5.41, 5.74) is 2.01. The van der Waals surface area contributed by atoms with E-state index in [1.54, 1.807) is 30.3 Å². The maximum Gasteiger partial charge on any atom is 0.255 e. The summed E-state index contributed by atoms with van der Waals surface area (Å²) in [6, 6.07) is 12.1. The van der Waals surface area contributed by atoms with Crippen LogP contribution in [0.3, 0.4) is 0 Å². The SMILES string of the molecule is COc1ccc(Cl)cc1C(=O)NCc1ccc(NC(C)=O)cc1. The Kier molecular flexibility index (Phi) is 5.60. The van der Waals surface area contributed by atoms with E-state index >= 15 is 0 Å². The Morgan fingerprint density at radius 2 is 1.83 bits per heavy atom. The Bertz CT molecular complexity index is 714. The van der Waals surface area contributed by atoms with Crippen molar-refractivity contribution in [3.63, 3.8) is 0 Å². The van der Waals surface area contributed by atoms with E-state index in [1.165, 1.54) is 14.0 Å². The molecule has 0 atom stereocenters. The van der Waals surface area contributed by atoms with E-state index in [0.29, 0.717) is 28.6 Å². The van der Waals surface area contributed by atoms with Crippen LogP contribution >= 0.6 is 11.6 Å². The van der Waals surface area contributed by atoms with E-state index in [1.807, 2.05) is 12.1 Å². The number of anilines is 1. The lowest BCUT2D eigenvalue weighted by Gasteiger charge is -2.10. The fourth-order valence-corrected chi connectivity index (χ4v) is 2.22. The van der Waals surface area contributed by atoms with Crippen LogP contribution in [0.4, 0.5) is 5.69 Å². The molecule has 6 heteroatoms. The van der Waals surface area contributed by atoms with Crippen molar-refractivity contribution < 1.29 is 14.3 Å². The lowest BCUT2D eigenvalue weighted by atomic mass is 10.1.